The third-order valence-corrected chi connectivity index (χ3v) is 4.17. The van der Waals surface area contributed by atoms with Crippen LogP contribution in [-0.2, 0) is 4.79 Å². The maximum Gasteiger partial charge on any atom is 0.312 e. The minimum Gasteiger partial charge on any atom is -0.481 e. The summed E-state index contributed by atoms with van der Waals surface area (Å²) < 4.78 is 3.75. The van der Waals surface area contributed by atoms with Crippen LogP contribution in [0.5, 0.6) is 0 Å². The van der Waals surface area contributed by atoms with Crippen LogP contribution in [0.3, 0.4) is 0 Å². The number of benzene rings is 1. The highest BCUT2D eigenvalue weighted by Crippen LogP contribution is 2.37. The van der Waals surface area contributed by atoms with Gasteiger partial charge in [0, 0.05) is 12.2 Å². The number of carboxylic acids is 1. The van der Waals surface area contributed by atoms with Crippen LogP contribution in [0, 0.1) is 6.92 Å². The zero-order chi connectivity index (χ0) is 14.3. The van der Waals surface area contributed by atoms with Crippen LogP contribution in [0.2, 0.25) is 0 Å². The van der Waals surface area contributed by atoms with Crippen LogP contribution in [0.25, 0.3) is 0 Å². The molecule has 1 unspecified atom stereocenters. The molecule has 1 atom stereocenters. The van der Waals surface area contributed by atoms with Crippen LogP contribution in [0.1, 0.15) is 26.8 Å². The van der Waals surface area contributed by atoms with Crippen LogP contribution in [-0.4, -0.2) is 33.1 Å². The van der Waals surface area contributed by atoms with Crippen molar-refractivity contribution in [1.82, 2.24) is 9.59 Å². The fraction of sp³-hybridized carbons (Fsp3) is 0.231. The van der Waals surface area contributed by atoms with Crippen molar-refractivity contribution < 1.29 is 14.7 Å². The SMILES string of the molecule is Cc1nnsc1C(=O)N1CC(C(=O)O)c2ccccc21. The van der Waals surface area contributed by atoms with Crippen molar-refractivity contribution in [3.63, 3.8) is 0 Å². The molecule has 1 aliphatic rings. The van der Waals surface area contributed by atoms with Crippen molar-refractivity contribution in [2.75, 3.05) is 11.4 Å². The van der Waals surface area contributed by atoms with Crippen molar-refractivity contribution in [3.05, 3.63) is 40.4 Å². The molecule has 20 heavy (non-hydrogen) atoms. The number of aryl methyl sites for hydroxylation is 1. The number of carbonyl (C=O) groups is 2. The number of hydrogen-bond donors (Lipinski definition) is 1. The molecule has 0 aliphatic carbocycles. The number of amides is 1. The summed E-state index contributed by atoms with van der Waals surface area (Å²) in [5.41, 5.74) is 1.89. The number of carbonyl (C=O) groups excluding carboxylic acids is 1. The van der Waals surface area contributed by atoms with Gasteiger partial charge in [-0.1, -0.05) is 22.7 Å². The molecule has 6 nitrogen and oxygen atoms in total. The summed E-state index contributed by atoms with van der Waals surface area (Å²) in [6, 6.07) is 7.09. The molecule has 0 radical (unpaired) electrons. The summed E-state index contributed by atoms with van der Waals surface area (Å²) in [5, 5.41) is 13.1. The number of fused-ring (bicyclic) bond motifs is 1. The van der Waals surface area contributed by atoms with Gasteiger partial charge in [0.2, 0.25) is 0 Å². The first-order valence-corrected chi connectivity index (χ1v) is 6.79. The number of aromatic nitrogens is 2. The fourth-order valence-corrected chi connectivity index (χ4v) is 2.97. The van der Waals surface area contributed by atoms with Gasteiger partial charge in [-0.15, -0.1) is 5.10 Å². The fourth-order valence-electron chi connectivity index (χ4n) is 2.36. The Morgan fingerprint density at radius 1 is 1.40 bits per heavy atom. The Kier molecular flexibility index (Phi) is 2.98. The first-order valence-electron chi connectivity index (χ1n) is 6.02. The predicted octanol–water partition coefficient (Wildman–Crippen LogP) is 1.68. The summed E-state index contributed by atoms with van der Waals surface area (Å²) in [6.45, 7) is 1.86. The van der Waals surface area contributed by atoms with Crippen molar-refractivity contribution in [1.29, 1.82) is 0 Å². The van der Waals surface area contributed by atoms with Crippen molar-refractivity contribution in [3.8, 4) is 0 Å². The molecule has 0 spiro atoms. The zero-order valence-corrected chi connectivity index (χ0v) is 11.4. The molecule has 1 N–H and O–H groups in total. The molecule has 0 saturated heterocycles. The van der Waals surface area contributed by atoms with Crippen LogP contribution in [0.15, 0.2) is 24.3 Å². The average Bonchev–Trinajstić information content (AvgIpc) is 3.01. The molecule has 1 aromatic heterocycles. The summed E-state index contributed by atoms with van der Waals surface area (Å²) >= 11 is 1.03. The summed E-state index contributed by atoms with van der Waals surface area (Å²) in [4.78, 5) is 25.8. The number of rotatable bonds is 2. The lowest BCUT2D eigenvalue weighted by Crippen LogP contribution is -2.31. The molecule has 102 valence electrons. The molecule has 7 heteroatoms. The zero-order valence-electron chi connectivity index (χ0n) is 10.6. The van der Waals surface area contributed by atoms with E-state index in [1.807, 2.05) is 0 Å². The Hall–Kier alpha value is -2.28. The summed E-state index contributed by atoms with van der Waals surface area (Å²) in [5.74, 6) is -1.85. The summed E-state index contributed by atoms with van der Waals surface area (Å²) in [7, 11) is 0. The van der Waals surface area contributed by atoms with Gasteiger partial charge < -0.3 is 10.0 Å². The Labute approximate surface area is 118 Å². The predicted molar refractivity (Wildman–Crippen MR) is 73.1 cm³/mol. The number of carboxylic acid groups (broad SMARTS) is 1. The van der Waals surface area contributed by atoms with Crippen LogP contribution < -0.4 is 4.90 Å². The van der Waals surface area contributed by atoms with E-state index in [1.165, 1.54) is 4.90 Å². The van der Waals surface area contributed by atoms with Gasteiger partial charge in [0.1, 0.15) is 10.8 Å². The van der Waals surface area contributed by atoms with E-state index in [4.69, 9.17) is 0 Å². The highest BCUT2D eigenvalue weighted by molar-refractivity contribution is 7.08. The van der Waals surface area contributed by atoms with E-state index >= 15 is 0 Å². The van der Waals surface area contributed by atoms with Gasteiger partial charge in [-0.3, -0.25) is 9.59 Å². The molecule has 1 amide bonds. The topological polar surface area (TPSA) is 83.4 Å². The molecule has 1 aliphatic heterocycles. The lowest BCUT2D eigenvalue weighted by atomic mass is 10.0. The first kappa shape index (κ1) is 12.7. The van der Waals surface area contributed by atoms with Crippen molar-refractivity contribution >= 4 is 29.1 Å². The molecule has 1 aromatic carbocycles. The maximum atomic E-state index is 12.5. The monoisotopic (exact) mass is 289 g/mol. The van der Waals surface area contributed by atoms with E-state index in [0.717, 1.165) is 11.5 Å². The Balaban J connectivity index is 2.03. The van der Waals surface area contributed by atoms with Gasteiger partial charge >= 0.3 is 5.97 Å². The lowest BCUT2D eigenvalue weighted by molar-refractivity contribution is -0.138. The second-order valence-corrected chi connectivity index (χ2v) is 5.31. The Bertz CT molecular complexity index is 698. The van der Waals surface area contributed by atoms with E-state index in [1.54, 1.807) is 31.2 Å². The van der Waals surface area contributed by atoms with Gasteiger partial charge in [-0.25, -0.2) is 0 Å². The highest BCUT2D eigenvalue weighted by atomic mass is 32.1. The van der Waals surface area contributed by atoms with E-state index in [9.17, 15) is 14.7 Å². The largest absolute Gasteiger partial charge is 0.481 e. The second-order valence-electron chi connectivity index (χ2n) is 4.55. The van der Waals surface area contributed by atoms with Gasteiger partial charge in [0.15, 0.2) is 0 Å². The first-order chi connectivity index (χ1) is 9.59. The van der Waals surface area contributed by atoms with Gasteiger partial charge in [0.05, 0.1) is 5.69 Å². The number of nitrogens with zero attached hydrogens (tertiary/aromatic N) is 3. The quantitative estimate of drug-likeness (QED) is 0.909. The molecule has 0 fully saturated rings. The smallest absolute Gasteiger partial charge is 0.312 e. The minimum atomic E-state index is -0.924. The summed E-state index contributed by atoms with van der Waals surface area (Å²) in [6.07, 6.45) is 0. The van der Waals surface area contributed by atoms with Crippen LogP contribution in [0.4, 0.5) is 5.69 Å². The third kappa shape index (κ3) is 1.87. The minimum absolute atomic E-state index is 0.144. The number of aliphatic carboxylic acids is 1. The Morgan fingerprint density at radius 2 is 2.15 bits per heavy atom. The van der Waals surface area contributed by atoms with E-state index in [2.05, 4.69) is 9.59 Å². The van der Waals surface area contributed by atoms with Crippen molar-refractivity contribution in [2.45, 2.75) is 12.8 Å². The molecule has 0 bridgehead atoms. The van der Waals surface area contributed by atoms with Crippen molar-refractivity contribution in [2.24, 2.45) is 0 Å². The third-order valence-electron chi connectivity index (χ3n) is 3.36. The Morgan fingerprint density at radius 3 is 2.80 bits per heavy atom. The highest BCUT2D eigenvalue weighted by Gasteiger charge is 2.37. The maximum absolute atomic E-state index is 12.5. The van der Waals surface area contributed by atoms with E-state index in [0.29, 0.717) is 21.8 Å². The standard InChI is InChI=1S/C13H11N3O3S/c1-7-11(20-15-14-7)12(17)16-6-9(13(18)19)8-4-2-3-5-10(8)16/h2-5,9H,6H2,1H3,(H,18,19). The number of hydrogen-bond acceptors (Lipinski definition) is 5. The number of anilines is 1. The van der Waals surface area contributed by atoms with Gasteiger partial charge in [-0.2, -0.15) is 0 Å². The molecular weight excluding hydrogens is 278 g/mol. The van der Waals surface area contributed by atoms with E-state index < -0.39 is 11.9 Å². The molecule has 3 rings (SSSR count). The number of para-hydroxylation sites is 1. The molecule has 2 aromatic rings. The van der Waals surface area contributed by atoms with Gasteiger partial charge in [-0.05, 0) is 30.1 Å². The molecular formula is C13H11N3O3S. The van der Waals surface area contributed by atoms with Crippen LogP contribution >= 0.6 is 11.5 Å². The average molecular weight is 289 g/mol. The molecule has 0 saturated carbocycles. The normalized spacial score (nSPS) is 17.1. The lowest BCUT2D eigenvalue weighted by Gasteiger charge is -2.16. The molecule has 2 heterocycles. The van der Waals surface area contributed by atoms with E-state index in [-0.39, 0.29) is 12.5 Å². The second kappa shape index (κ2) is 4.68. The van der Waals surface area contributed by atoms with Gasteiger partial charge in [0.25, 0.3) is 5.91 Å².